The minimum Gasteiger partial charge on any atom is -0.394 e. The molecule has 1 unspecified atom stereocenters. The molecule has 0 aliphatic carbocycles. The maximum Gasteiger partial charge on any atom is 0.0737 e. The van der Waals surface area contributed by atoms with Crippen LogP contribution in [-0.2, 0) is 0 Å². The highest BCUT2D eigenvalue weighted by Gasteiger charge is 2.10. The van der Waals surface area contributed by atoms with Gasteiger partial charge in [0.1, 0.15) is 0 Å². The zero-order chi connectivity index (χ0) is 13.8. The van der Waals surface area contributed by atoms with Gasteiger partial charge in [0.25, 0.3) is 0 Å². The maximum atomic E-state index is 9.43. The summed E-state index contributed by atoms with van der Waals surface area (Å²) in [7, 11) is 3.96. The number of benzene rings is 1. The Hall–Kier alpha value is -1.36. The number of aromatic nitrogens is 1. The fourth-order valence-electron chi connectivity index (χ4n) is 2.06. The van der Waals surface area contributed by atoms with Crippen molar-refractivity contribution in [1.82, 2.24) is 9.88 Å². The summed E-state index contributed by atoms with van der Waals surface area (Å²) < 4.78 is 0. The molecule has 0 aliphatic rings. The van der Waals surface area contributed by atoms with Crippen molar-refractivity contribution in [2.45, 2.75) is 6.04 Å². The van der Waals surface area contributed by atoms with E-state index >= 15 is 0 Å². The molecule has 2 aromatic rings. The van der Waals surface area contributed by atoms with E-state index in [9.17, 15) is 5.11 Å². The van der Waals surface area contributed by atoms with Crippen LogP contribution in [0.4, 0.5) is 5.69 Å². The van der Waals surface area contributed by atoms with Crippen LogP contribution in [0.5, 0.6) is 0 Å². The van der Waals surface area contributed by atoms with Crippen molar-refractivity contribution in [2.75, 3.05) is 32.6 Å². The molecule has 1 aromatic heterocycles. The number of aliphatic hydroxyl groups excluding tert-OH is 1. The molecule has 0 bridgehead atoms. The Labute approximate surface area is 118 Å². The number of pyridine rings is 1. The molecule has 2 N–H and O–H groups in total. The highest BCUT2D eigenvalue weighted by atomic mass is 35.5. The van der Waals surface area contributed by atoms with E-state index in [-0.39, 0.29) is 12.6 Å². The number of nitrogens with one attached hydrogen (secondary N) is 1. The van der Waals surface area contributed by atoms with Gasteiger partial charge in [-0.25, -0.2) is 0 Å². The summed E-state index contributed by atoms with van der Waals surface area (Å²) in [5.74, 6) is 0. The van der Waals surface area contributed by atoms with Crippen molar-refractivity contribution in [3.63, 3.8) is 0 Å². The molecular formula is C14H18ClN3O. The van der Waals surface area contributed by atoms with Crippen LogP contribution in [0.1, 0.15) is 0 Å². The molecule has 0 spiro atoms. The molecule has 2 rings (SSSR count). The van der Waals surface area contributed by atoms with Crippen LogP contribution in [0.3, 0.4) is 0 Å². The Morgan fingerprint density at radius 2 is 2.16 bits per heavy atom. The standard InChI is InChI=1S/C14H18ClN3O/c1-18(2)8-11(9-19)17-13-5-6-16-14-7-10(15)3-4-12(13)14/h3-7,11,19H,8-9H2,1-2H3,(H,16,17). The minimum absolute atomic E-state index is 0.0173. The summed E-state index contributed by atoms with van der Waals surface area (Å²) in [4.78, 5) is 6.34. The van der Waals surface area contributed by atoms with Gasteiger partial charge < -0.3 is 15.3 Å². The van der Waals surface area contributed by atoms with E-state index in [1.165, 1.54) is 0 Å². The lowest BCUT2D eigenvalue weighted by Crippen LogP contribution is -2.35. The maximum absolute atomic E-state index is 9.43. The Morgan fingerprint density at radius 3 is 2.84 bits per heavy atom. The fraction of sp³-hybridized carbons (Fsp3) is 0.357. The Kier molecular flexibility index (Phi) is 4.58. The van der Waals surface area contributed by atoms with Crippen molar-refractivity contribution in [3.05, 3.63) is 35.5 Å². The first kappa shape index (κ1) is 14.1. The number of nitrogens with zero attached hydrogens (tertiary/aromatic N) is 2. The molecule has 0 saturated heterocycles. The molecule has 102 valence electrons. The Bertz CT molecular complexity index is 559. The number of aliphatic hydroxyl groups is 1. The normalized spacial score (nSPS) is 12.9. The average molecular weight is 280 g/mol. The van der Waals surface area contributed by atoms with Crippen molar-refractivity contribution in [1.29, 1.82) is 0 Å². The number of hydrogen-bond acceptors (Lipinski definition) is 4. The van der Waals surface area contributed by atoms with Gasteiger partial charge in [-0.2, -0.15) is 0 Å². The zero-order valence-electron chi connectivity index (χ0n) is 11.1. The van der Waals surface area contributed by atoms with Crippen LogP contribution >= 0.6 is 11.6 Å². The lowest BCUT2D eigenvalue weighted by Gasteiger charge is -2.22. The van der Waals surface area contributed by atoms with E-state index < -0.39 is 0 Å². The van der Waals surface area contributed by atoms with Gasteiger partial charge in [0.2, 0.25) is 0 Å². The molecule has 19 heavy (non-hydrogen) atoms. The molecule has 0 saturated carbocycles. The molecule has 1 aromatic carbocycles. The summed E-state index contributed by atoms with van der Waals surface area (Å²) in [5, 5.41) is 14.4. The van der Waals surface area contributed by atoms with E-state index in [4.69, 9.17) is 11.6 Å². The highest BCUT2D eigenvalue weighted by molar-refractivity contribution is 6.31. The van der Waals surface area contributed by atoms with Gasteiger partial charge in [0, 0.05) is 28.8 Å². The van der Waals surface area contributed by atoms with Gasteiger partial charge in [0.15, 0.2) is 0 Å². The molecular weight excluding hydrogens is 262 g/mol. The van der Waals surface area contributed by atoms with Gasteiger partial charge in [-0.1, -0.05) is 11.6 Å². The van der Waals surface area contributed by atoms with Gasteiger partial charge in [-0.15, -0.1) is 0 Å². The number of rotatable bonds is 5. The lowest BCUT2D eigenvalue weighted by molar-refractivity contribution is 0.246. The third-order valence-corrected chi connectivity index (χ3v) is 3.11. The van der Waals surface area contributed by atoms with Crippen molar-refractivity contribution in [2.24, 2.45) is 0 Å². The smallest absolute Gasteiger partial charge is 0.0737 e. The predicted octanol–water partition coefficient (Wildman–Crippen LogP) is 2.22. The lowest BCUT2D eigenvalue weighted by atomic mass is 10.1. The van der Waals surface area contributed by atoms with Crippen LogP contribution in [-0.4, -0.2) is 48.3 Å². The van der Waals surface area contributed by atoms with Gasteiger partial charge in [-0.3, -0.25) is 4.98 Å². The molecule has 0 radical (unpaired) electrons. The Balaban J connectivity index is 2.29. The molecule has 0 aliphatic heterocycles. The second kappa shape index (κ2) is 6.19. The first-order valence-corrected chi connectivity index (χ1v) is 6.54. The topological polar surface area (TPSA) is 48.4 Å². The number of fused-ring (bicyclic) bond motifs is 1. The molecule has 5 heteroatoms. The second-order valence-corrected chi connectivity index (χ2v) is 5.24. The zero-order valence-corrected chi connectivity index (χ0v) is 11.9. The van der Waals surface area contributed by atoms with Crippen LogP contribution in [0.2, 0.25) is 5.02 Å². The third kappa shape index (κ3) is 3.56. The number of likely N-dealkylation sites (N-methyl/N-ethyl adjacent to an activating group) is 1. The molecule has 4 nitrogen and oxygen atoms in total. The first-order chi connectivity index (χ1) is 9.10. The average Bonchev–Trinajstić information content (AvgIpc) is 2.37. The molecule has 0 amide bonds. The van der Waals surface area contributed by atoms with Gasteiger partial charge >= 0.3 is 0 Å². The van der Waals surface area contributed by atoms with E-state index in [2.05, 4.69) is 10.3 Å². The van der Waals surface area contributed by atoms with Gasteiger partial charge in [0.05, 0.1) is 18.2 Å². The molecule has 1 atom stereocenters. The van der Waals surface area contributed by atoms with Crippen molar-refractivity contribution < 1.29 is 5.11 Å². The SMILES string of the molecule is CN(C)CC(CO)Nc1ccnc2cc(Cl)ccc12. The molecule has 0 fully saturated rings. The third-order valence-electron chi connectivity index (χ3n) is 2.87. The number of anilines is 1. The fourth-order valence-corrected chi connectivity index (χ4v) is 2.22. The summed E-state index contributed by atoms with van der Waals surface area (Å²) in [6, 6.07) is 7.51. The monoisotopic (exact) mass is 279 g/mol. The summed E-state index contributed by atoms with van der Waals surface area (Å²) >= 11 is 5.97. The summed E-state index contributed by atoms with van der Waals surface area (Å²) in [6.07, 6.45) is 1.74. The quantitative estimate of drug-likeness (QED) is 0.881. The van der Waals surface area contributed by atoms with E-state index in [0.29, 0.717) is 5.02 Å². The largest absolute Gasteiger partial charge is 0.394 e. The van der Waals surface area contributed by atoms with E-state index in [1.807, 2.05) is 43.3 Å². The van der Waals surface area contributed by atoms with Crippen molar-refractivity contribution >= 4 is 28.2 Å². The minimum atomic E-state index is -0.0173. The van der Waals surface area contributed by atoms with Gasteiger partial charge in [-0.05, 0) is 38.4 Å². The number of halogens is 1. The molecule has 1 heterocycles. The Morgan fingerprint density at radius 1 is 1.37 bits per heavy atom. The van der Waals surface area contributed by atoms with E-state index in [1.54, 1.807) is 6.20 Å². The summed E-state index contributed by atoms with van der Waals surface area (Å²) in [6.45, 7) is 0.837. The van der Waals surface area contributed by atoms with Crippen LogP contribution < -0.4 is 5.32 Å². The van der Waals surface area contributed by atoms with Crippen LogP contribution in [0.15, 0.2) is 30.5 Å². The predicted molar refractivity (Wildman–Crippen MR) is 79.8 cm³/mol. The van der Waals surface area contributed by atoms with Crippen molar-refractivity contribution in [3.8, 4) is 0 Å². The van der Waals surface area contributed by atoms with E-state index in [0.717, 1.165) is 23.1 Å². The first-order valence-electron chi connectivity index (χ1n) is 6.16. The van der Waals surface area contributed by atoms with Crippen LogP contribution in [0.25, 0.3) is 10.9 Å². The second-order valence-electron chi connectivity index (χ2n) is 4.81. The van der Waals surface area contributed by atoms with Crippen LogP contribution in [0, 0.1) is 0 Å². The number of hydrogen-bond donors (Lipinski definition) is 2. The highest BCUT2D eigenvalue weighted by Crippen LogP contribution is 2.24. The summed E-state index contributed by atoms with van der Waals surface area (Å²) in [5.41, 5.74) is 1.81.